The summed E-state index contributed by atoms with van der Waals surface area (Å²) in [5.41, 5.74) is 3.04. The van der Waals surface area contributed by atoms with Crippen LogP contribution in [0, 0.1) is 13.8 Å². The number of carbonyl (C=O) groups is 1. The molecule has 3 aromatic rings. The summed E-state index contributed by atoms with van der Waals surface area (Å²) in [6.07, 6.45) is 0. The van der Waals surface area contributed by atoms with Gasteiger partial charge in [-0.3, -0.25) is 4.79 Å². The minimum atomic E-state index is -0.0125. The van der Waals surface area contributed by atoms with Gasteiger partial charge < -0.3 is 5.32 Å². The lowest BCUT2D eigenvalue weighted by Gasteiger charge is -2.12. The summed E-state index contributed by atoms with van der Waals surface area (Å²) >= 11 is 7.84. The summed E-state index contributed by atoms with van der Waals surface area (Å²) in [6, 6.07) is 17.9. The quantitative estimate of drug-likeness (QED) is 0.595. The molecule has 0 aromatic heterocycles. The van der Waals surface area contributed by atoms with Crippen LogP contribution in [0.5, 0.6) is 0 Å². The predicted octanol–water partition coefficient (Wildman–Crippen LogP) is 5.84. The normalized spacial score (nSPS) is 10.8. The molecule has 3 rings (SSSR count). The maximum absolute atomic E-state index is 12.3. The van der Waals surface area contributed by atoms with E-state index in [0.717, 1.165) is 32.5 Å². The molecule has 0 unspecified atom stereocenters. The smallest absolute Gasteiger partial charge is 0.234 e. The number of aryl methyl sites for hydroxylation is 2. The number of para-hydroxylation sites is 1. The van der Waals surface area contributed by atoms with Gasteiger partial charge in [-0.05, 0) is 42.5 Å². The number of hydrogen-bond donors (Lipinski definition) is 1. The first-order valence-electron chi connectivity index (χ1n) is 7.72. The molecule has 3 aromatic carbocycles. The van der Waals surface area contributed by atoms with Crippen LogP contribution in [0.15, 0.2) is 59.5 Å². The Bertz CT molecular complexity index is 882. The van der Waals surface area contributed by atoms with Crippen LogP contribution in [0.4, 0.5) is 5.69 Å². The molecule has 1 amide bonds. The molecule has 0 aliphatic heterocycles. The van der Waals surface area contributed by atoms with Gasteiger partial charge >= 0.3 is 0 Å². The molecule has 2 nitrogen and oxygen atoms in total. The number of halogens is 1. The Hall–Kier alpha value is -1.97. The van der Waals surface area contributed by atoms with Crippen molar-refractivity contribution in [3.63, 3.8) is 0 Å². The number of carbonyl (C=O) groups excluding carboxylic acids is 1. The van der Waals surface area contributed by atoms with Gasteiger partial charge in [0.25, 0.3) is 0 Å². The number of benzene rings is 3. The summed E-state index contributed by atoms with van der Waals surface area (Å²) < 4.78 is 0. The predicted molar refractivity (Wildman–Crippen MR) is 104 cm³/mol. The lowest BCUT2D eigenvalue weighted by atomic mass is 10.1. The number of hydrogen-bond acceptors (Lipinski definition) is 2. The Morgan fingerprint density at radius 1 is 1.00 bits per heavy atom. The second-order valence-corrected chi connectivity index (χ2v) is 7.12. The molecule has 1 N–H and O–H groups in total. The van der Waals surface area contributed by atoms with E-state index in [-0.39, 0.29) is 5.91 Å². The van der Waals surface area contributed by atoms with Crippen molar-refractivity contribution in [2.45, 2.75) is 18.7 Å². The van der Waals surface area contributed by atoms with Crippen LogP contribution in [0.1, 0.15) is 11.1 Å². The number of thioether (sulfide) groups is 1. The third-order valence-corrected chi connectivity index (χ3v) is 5.29. The molecule has 0 atom stereocenters. The second kappa shape index (κ2) is 7.29. The SMILES string of the molecule is Cc1cccc(C)c1NC(=O)CSc1cccc2cccc(Cl)c12. The van der Waals surface area contributed by atoms with E-state index in [2.05, 4.69) is 5.32 Å². The lowest BCUT2D eigenvalue weighted by Crippen LogP contribution is -2.15. The largest absolute Gasteiger partial charge is 0.325 e. The minimum Gasteiger partial charge on any atom is -0.325 e. The zero-order chi connectivity index (χ0) is 17.1. The third kappa shape index (κ3) is 3.58. The first-order chi connectivity index (χ1) is 11.6. The maximum Gasteiger partial charge on any atom is 0.234 e. The van der Waals surface area contributed by atoms with Gasteiger partial charge in [0, 0.05) is 21.0 Å². The van der Waals surface area contributed by atoms with Crippen LogP contribution in [0.3, 0.4) is 0 Å². The summed E-state index contributed by atoms with van der Waals surface area (Å²) in [6.45, 7) is 4.00. The summed E-state index contributed by atoms with van der Waals surface area (Å²) in [5.74, 6) is 0.333. The van der Waals surface area contributed by atoms with Gasteiger partial charge in [-0.25, -0.2) is 0 Å². The molecular weight excluding hydrogens is 338 g/mol. The molecule has 0 bridgehead atoms. The van der Waals surface area contributed by atoms with Crippen molar-refractivity contribution in [1.82, 2.24) is 0 Å². The van der Waals surface area contributed by atoms with E-state index in [1.165, 1.54) is 11.8 Å². The summed E-state index contributed by atoms with van der Waals surface area (Å²) in [7, 11) is 0. The third-order valence-electron chi connectivity index (χ3n) is 3.92. The molecular formula is C20H18ClNOS. The van der Waals surface area contributed by atoms with Crippen molar-refractivity contribution in [3.8, 4) is 0 Å². The number of rotatable bonds is 4. The van der Waals surface area contributed by atoms with Gasteiger partial charge in [-0.1, -0.05) is 54.1 Å². The first kappa shape index (κ1) is 16.9. The fourth-order valence-electron chi connectivity index (χ4n) is 2.71. The Kier molecular flexibility index (Phi) is 5.12. The number of fused-ring (bicyclic) bond motifs is 1. The van der Waals surface area contributed by atoms with Crippen molar-refractivity contribution in [2.75, 3.05) is 11.1 Å². The van der Waals surface area contributed by atoms with E-state index in [1.807, 2.05) is 68.4 Å². The minimum absolute atomic E-state index is 0.0125. The van der Waals surface area contributed by atoms with E-state index in [0.29, 0.717) is 10.8 Å². The molecule has 0 heterocycles. The van der Waals surface area contributed by atoms with E-state index < -0.39 is 0 Å². The fraction of sp³-hybridized carbons (Fsp3) is 0.150. The van der Waals surface area contributed by atoms with Gasteiger partial charge in [-0.15, -0.1) is 11.8 Å². The fourth-order valence-corrected chi connectivity index (χ4v) is 3.96. The lowest BCUT2D eigenvalue weighted by molar-refractivity contribution is -0.113. The van der Waals surface area contributed by atoms with E-state index in [4.69, 9.17) is 11.6 Å². The average molecular weight is 356 g/mol. The summed E-state index contributed by atoms with van der Waals surface area (Å²) in [5, 5.41) is 5.82. The van der Waals surface area contributed by atoms with Crippen LogP contribution in [-0.4, -0.2) is 11.7 Å². The van der Waals surface area contributed by atoms with E-state index in [1.54, 1.807) is 0 Å². The van der Waals surface area contributed by atoms with Crippen LogP contribution in [0.25, 0.3) is 10.8 Å². The highest BCUT2D eigenvalue weighted by molar-refractivity contribution is 8.00. The van der Waals surface area contributed by atoms with Gasteiger partial charge in [-0.2, -0.15) is 0 Å². The molecule has 0 spiro atoms. The molecule has 0 fully saturated rings. The van der Waals surface area contributed by atoms with Crippen molar-refractivity contribution >= 4 is 45.7 Å². The van der Waals surface area contributed by atoms with Crippen molar-refractivity contribution in [2.24, 2.45) is 0 Å². The monoisotopic (exact) mass is 355 g/mol. The Balaban J connectivity index is 1.76. The molecule has 122 valence electrons. The topological polar surface area (TPSA) is 29.1 Å². The van der Waals surface area contributed by atoms with Gasteiger partial charge in [0.1, 0.15) is 0 Å². The zero-order valence-electron chi connectivity index (χ0n) is 13.6. The zero-order valence-corrected chi connectivity index (χ0v) is 15.2. The van der Waals surface area contributed by atoms with Crippen LogP contribution >= 0.6 is 23.4 Å². The molecule has 0 saturated heterocycles. The van der Waals surface area contributed by atoms with Gasteiger partial charge in [0.2, 0.25) is 5.91 Å². The number of anilines is 1. The highest BCUT2D eigenvalue weighted by Gasteiger charge is 2.10. The molecule has 24 heavy (non-hydrogen) atoms. The van der Waals surface area contributed by atoms with Crippen molar-refractivity contribution < 1.29 is 4.79 Å². The molecule has 0 aliphatic carbocycles. The highest BCUT2D eigenvalue weighted by Crippen LogP contribution is 2.33. The van der Waals surface area contributed by atoms with E-state index in [9.17, 15) is 4.79 Å². The second-order valence-electron chi connectivity index (χ2n) is 5.70. The number of amides is 1. The van der Waals surface area contributed by atoms with Gasteiger partial charge in [0.05, 0.1) is 5.75 Å². The molecule has 0 aliphatic rings. The number of nitrogens with one attached hydrogen (secondary N) is 1. The maximum atomic E-state index is 12.3. The van der Waals surface area contributed by atoms with E-state index >= 15 is 0 Å². The first-order valence-corrected chi connectivity index (χ1v) is 9.09. The highest BCUT2D eigenvalue weighted by atomic mass is 35.5. The average Bonchev–Trinajstić information content (AvgIpc) is 2.56. The standard InChI is InChI=1S/C20H18ClNOS/c1-13-6-3-7-14(2)20(13)22-18(23)12-24-17-11-5-9-15-8-4-10-16(21)19(15)17/h3-11H,12H2,1-2H3,(H,22,23). The van der Waals surface area contributed by atoms with Crippen LogP contribution < -0.4 is 5.32 Å². The van der Waals surface area contributed by atoms with Crippen LogP contribution in [-0.2, 0) is 4.79 Å². The Morgan fingerprint density at radius 2 is 1.62 bits per heavy atom. The Labute approximate surface area is 151 Å². The molecule has 4 heteroatoms. The Morgan fingerprint density at radius 3 is 2.33 bits per heavy atom. The van der Waals surface area contributed by atoms with Crippen molar-refractivity contribution in [3.05, 3.63) is 70.7 Å². The molecule has 0 saturated carbocycles. The summed E-state index contributed by atoms with van der Waals surface area (Å²) in [4.78, 5) is 13.4. The van der Waals surface area contributed by atoms with Crippen molar-refractivity contribution in [1.29, 1.82) is 0 Å². The van der Waals surface area contributed by atoms with Crippen LogP contribution in [0.2, 0.25) is 5.02 Å². The van der Waals surface area contributed by atoms with Gasteiger partial charge in [0.15, 0.2) is 0 Å². The molecule has 0 radical (unpaired) electrons.